The molecule has 0 amide bonds. The Balaban J connectivity index is 1.37. The average molecular weight is 450 g/mol. The van der Waals surface area contributed by atoms with Crippen LogP contribution in [-0.4, -0.2) is 9.80 Å². The first-order valence-corrected chi connectivity index (χ1v) is 12.3. The van der Waals surface area contributed by atoms with Crippen molar-refractivity contribution in [2.45, 2.75) is 13.1 Å². The Morgan fingerprint density at radius 1 is 0.606 bits per heavy atom. The lowest BCUT2D eigenvalue weighted by Crippen LogP contribution is -2.26. The molecule has 4 aromatic carbocycles. The molecule has 2 nitrogen and oxygen atoms in total. The van der Waals surface area contributed by atoms with Gasteiger partial charge < -0.3 is 9.80 Å². The molecule has 162 valence electrons. The average Bonchev–Trinajstić information content (AvgIpc) is 3.30. The van der Waals surface area contributed by atoms with Crippen LogP contribution < -0.4 is 15.9 Å². The number of halogens is 1. The van der Waals surface area contributed by atoms with Crippen molar-refractivity contribution in [3.8, 4) is 0 Å². The van der Waals surface area contributed by atoms with Crippen molar-refractivity contribution in [1.82, 2.24) is 9.80 Å². The molecule has 4 aromatic rings. The third-order valence-corrected chi connectivity index (χ3v) is 8.10. The molecule has 0 aliphatic carbocycles. The maximum Gasteiger partial charge on any atom is 0.208 e. The van der Waals surface area contributed by atoms with Crippen molar-refractivity contribution >= 4 is 23.8 Å². The summed E-state index contributed by atoms with van der Waals surface area (Å²) in [6, 6.07) is 36.9. The molecule has 33 heavy (non-hydrogen) atoms. The second-order valence-electron chi connectivity index (χ2n) is 7.92. The summed E-state index contributed by atoms with van der Waals surface area (Å²) in [6.07, 6.45) is 4.07. The third kappa shape index (κ3) is 5.16. The van der Waals surface area contributed by atoms with Crippen molar-refractivity contribution < 1.29 is 4.39 Å². The van der Waals surface area contributed by atoms with Gasteiger partial charge in [-0.3, -0.25) is 0 Å². The molecule has 0 saturated carbocycles. The Hall–Kier alpha value is -3.42. The van der Waals surface area contributed by atoms with Crippen LogP contribution in [0.25, 0.3) is 0 Å². The molecule has 0 spiro atoms. The van der Waals surface area contributed by atoms with E-state index in [0.29, 0.717) is 6.54 Å². The quantitative estimate of drug-likeness (QED) is 0.350. The van der Waals surface area contributed by atoms with Gasteiger partial charge in [0.15, 0.2) is 0 Å². The van der Waals surface area contributed by atoms with E-state index >= 15 is 0 Å². The molecule has 0 N–H and O–H groups in total. The van der Waals surface area contributed by atoms with Crippen LogP contribution in [0.15, 0.2) is 122 Å². The largest absolute Gasteiger partial charge is 0.342 e. The van der Waals surface area contributed by atoms with Crippen molar-refractivity contribution in [3.05, 3.63) is 145 Å². The summed E-state index contributed by atoms with van der Waals surface area (Å²) < 4.78 is 13.2. The Morgan fingerprint density at radius 2 is 1.15 bits per heavy atom. The molecule has 2 radical (unpaired) electrons. The van der Waals surface area contributed by atoms with Gasteiger partial charge in [-0.05, 0) is 47.1 Å². The van der Waals surface area contributed by atoms with Crippen LogP contribution in [0.3, 0.4) is 0 Å². The van der Waals surface area contributed by atoms with Gasteiger partial charge in [-0.2, -0.15) is 0 Å². The Morgan fingerprint density at radius 3 is 1.79 bits per heavy atom. The fraction of sp³-hybridized carbons (Fsp3) is 0.0690. The van der Waals surface area contributed by atoms with Gasteiger partial charge >= 0.3 is 0 Å². The van der Waals surface area contributed by atoms with Gasteiger partial charge in [-0.1, -0.05) is 97.1 Å². The number of rotatable bonds is 7. The second kappa shape index (κ2) is 10.0. The van der Waals surface area contributed by atoms with E-state index in [1.807, 2.05) is 29.4 Å². The molecular weight excluding hydrogens is 426 g/mol. The van der Waals surface area contributed by atoms with E-state index in [-0.39, 0.29) is 5.82 Å². The predicted molar refractivity (Wildman–Crippen MR) is 135 cm³/mol. The SMILES string of the molecule is Fc1ccc(CN2[C]N(Cc3ccccc3P(c3ccccc3)c3ccccc3)C=C2)cc1. The fourth-order valence-corrected chi connectivity index (χ4v) is 6.45. The highest BCUT2D eigenvalue weighted by atomic mass is 31.1. The molecule has 0 unspecified atom stereocenters. The molecule has 0 atom stereocenters. The molecule has 0 bridgehead atoms. The van der Waals surface area contributed by atoms with Crippen LogP contribution in [0.5, 0.6) is 0 Å². The zero-order valence-corrected chi connectivity index (χ0v) is 19.1. The van der Waals surface area contributed by atoms with Crippen LogP contribution >= 0.6 is 7.92 Å². The van der Waals surface area contributed by atoms with Crippen molar-refractivity contribution in [2.24, 2.45) is 0 Å². The first-order chi connectivity index (χ1) is 16.3. The normalized spacial score (nSPS) is 13.2. The first kappa shape index (κ1) is 21.4. The topological polar surface area (TPSA) is 6.48 Å². The van der Waals surface area contributed by atoms with Gasteiger partial charge in [0.2, 0.25) is 6.67 Å². The summed E-state index contributed by atoms with van der Waals surface area (Å²) in [5.74, 6) is -0.213. The fourth-order valence-electron chi connectivity index (χ4n) is 3.98. The Kier molecular flexibility index (Phi) is 6.51. The van der Waals surface area contributed by atoms with E-state index < -0.39 is 7.92 Å². The lowest BCUT2D eigenvalue weighted by Gasteiger charge is -2.25. The van der Waals surface area contributed by atoms with Gasteiger partial charge in [-0.15, -0.1) is 0 Å². The summed E-state index contributed by atoms with van der Waals surface area (Å²) in [6.45, 7) is 4.82. The van der Waals surface area contributed by atoms with E-state index in [4.69, 9.17) is 0 Å². The third-order valence-electron chi connectivity index (χ3n) is 5.55. The zero-order valence-electron chi connectivity index (χ0n) is 18.2. The van der Waals surface area contributed by atoms with E-state index in [0.717, 1.165) is 12.1 Å². The molecule has 1 aliphatic heterocycles. The van der Waals surface area contributed by atoms with Gasteiger partial charge in [0.25, 0.3) is 0 Å². The predicted octanol–water partition coefficient (Wildman–Crippen LogP) is 5.37. The highest BCUT2D eigenvalue weighted by molar-refractivity contribution is 7.79. The highest BCUT2D eigenvalue weighted by Gasteiger charge is 2.22. The van der Waals surface area contributed by atoms with Gasteiger partial charge in [0.1, 0.15) is 5.82 Å². The molecule has 4 heteroatoms. The maximum absolute atomic E-state index is 13.2. The summed E-state index contributed by atoms with van der Waals surface area (Å²) in [5.41, 5.74) is 2.34. The summed E-state index contributed by atoms with van der Waals surface area (Å²) in [5, 5.41) is 4.04. The lowest BCUT2D eigenvalue weighted by atomic mass is 10.2. The highest BCUT2D eigenvalue weighted by Crippen LogP contribution is 2.34. The molecule has 0 aromatic heterocycles. The minimum Gasteiger partial charge on any atom is -0.342 e. The Labute approximate surface area is 196 Å². The standard InChI is InChI=1S/C29H24FN2P/c30-26-17-15-24(16-18-26)21-31-19-20-32(23-31)22-25-9-7-8-14-29(25)33(27-10-3-1-4-11-27)28-12-5-2-6-13-28/h1-20H,21-22H2. The molecule has 5 rings (SSSR count). The number of nitrogens with zero attached hydrogens (tertiary/aromatic N) is 2. The minimum atomic E-state index is -0.669. The van der Waals surface area contributed by atoms with Crippen LogP contribution in [0, 0.1) is 12.5 Å². The van der Waals surface area contributed by atoms with Crippen LogP contribution in [0.4, 0.5) is 4.39 Å². The van der Waals surface area contributed by atoms with Crippen LogP contribution in [0.2, 0.25) is 0 Å². The van der Waals surface area contributed by atoms with E-state index in [9.17, 15) is 4.39 Å². The minimum absolute atomic E-state index is 0.213. The maximum atomic E-state index is 13.2. The summed E-state index contributed by atoms with van der Waals surface area (Å²) in [4.78, 5) is 4.10. The smallest absolute Gasteiger partial charge is 0.208 e. The van der Waals surface area contributed by atoms with Gasteiger partial charge in [0, 0.05) is 25.5 Å². The van der Waals surface area contributed by atoms with E-state index in [1.165, 1.54) is 33.6 Å². The number of hydrogen-bond donors (Lipinski definition) is 0. The summed E-state index contributed by atoms with van der Waals surface area (Å²) >= 11 is 0. The molecule has 0 saturated heterocycles. The second-order valence-corrected chi connectivity index (χ2v) is 10.1. The first-order valence-electron chi connectivity index (χ1n) is 11.0. The van der Waals surface area contributed by atoms with Crippen LogP contribution in [-0.2, 0) is 13.1 Å². The zero-order chi connectivity index (χ0) is 22.5. The molecular formula is C29H24FN2P. The monoisotopic (exact) mass is 450 g/mol. The lowest BCUT2D eigenvalue weighted by molar-refractivity contribution is 0.335. The van der Waals surface area contributed by atoms with Crippen molar-refractivity contribution in [3.63, 3.8) is 0 Å². The van der Waals surface area contributed by atoms with Gasteiger partial charge in [-0.25, -0.2) is 4.39 Å². The van der Waals surface area contributed by atoms with E-state index in [1.54, 1.807) is 0 Å². The molecule has 1 heterocycles. The Bertz CT molecular complexity index is 1170. The molecule has 1 aliphatic rings. The number of hydrogen-bond acceptors (Lipinski definition) is 2. The van der Waals surface area contributed by atoms with E-state index in [2.05, 4.69) is 96.5 Å². The van der Waals surface area contributed by atoms with Gasteiger partial charge in [0.05, 0.1) is 0 Å². The van der Waals surface area contributed by atoms with Crippen molar-refractivity contribution in [1.29, 1.82) is 0 Å². The van der Waals surface area contributed by atoms with Crippen LogP contribution in [0.1, 0.15) is 11.1 Å². The van der Waals surface area contributed by atoms with Crippen molar-refractivity contribution in [2.75, 3.05) is 0 Å². The molecule has 0 fully saturated rings. The summed E-state index contributed by atoms with van der Waals surface area (Å²) in [7, 11) is -0.669. The number of benzene rings is 4.